The number of Topliss-reactive ketones (excluding diaryl/α,β-unsaturated/α-hetero) is 1. The summed E-state index contributed by atoms with van der Waals surface area (Å²) < 4.78 is 0. The molecule has 2 heteroatoms. The molecule has 0 N–H and O–H groups in total. The van der Waals surface area contributed by atoms with Crippen molar-refractivity contribution < 1.29 is 4.79 Å². The molecule has 0 bridgehead atoms. The molecule has 0 spiro atoms. The molecule has 1 aromatic rings. The van der Waals surface area contributed by atoms with Crippen LogP contribution in [0.15, 0.2) is 24.3 Å². The lowest BCUT2D eigenvalue weighted by Gasteiger charge is -2.06. The Labute approximate surface area is 93.7 Å². The fraction of sp³-hybridized carbons (Fsp3) is 0.417. The number of unbranched alkanes of at least 4 members (excludes halogenated alkanes) is 1. The minimum atomic E-state index is 0.178. The standard InChI is InChI=1S/C12H15BrO/c1-2-3-6-10-7-4-5-8-11(10)12(14)9-13/h4-5,7-8H,2-3,6,9H2,1H3. The maximum absolute atomic E-state index is 11.6. The topological polar surface area (TPSA) is 17.1 Å². The van der Waals surface area contributed by atoms with Gasteiger partial charge in [0.25, 0.3) is 0 Å². The van der Waals surface area contributed by atoms with Gasteiger partial charge in [0.2, 0.25) is 0 Å². The van der Waals surface area contributed by atoms with E-state index in [-0.39, 0.29) is 5.78 Å². The van der Waals surface area contributed by atoms with Gasteiger partial charge in [-0.05, 0) is 18.4 Å². The van der Waals surface area contributed by atoms with Gasteiger partial charge in [-0.15, -0.1) is 0 Å². The second-order valence-corrected chi connectivity index (χ2v) is 3.88. The fourth-order valence-corrected chi connectivity index (χ4v) is 1.75. The molecule has 0 radical (unpaired) electrons. The van der Waals surface area contributed by atoms with Crippen molar-refractivity contribution in [1.82, 2.24) is 0 Å². The Morgan fingerprint density at radius 2 is 2.07 bits per heavy atom. The van der Waals surface area contributed by atoms with Crippen molar-refractivity contribution in [1.29, 1.82) is 0 Å². The Hall–Kier alpha value is -0.630. The number of hydrogen-bond donors (Lipinski definition) is 0. The maximum atomic E-state index is 11.6. The molecular formula is C12H15BrO. The van der Waals surface area contributed by atoms with Gasteiger partial charge in [0.05, 0.1) is 5.33 Å². The summed E-state index contributed by atoms with van der Waals surface area (Å²) in [5.74, 6) is 0.178. The van der Waals surface area contributed by atoms with E-state index in [1.807, 2.05) is 24.3 Å². The number of alkyl halides is 1. The highest BCUT2D eigenvalue weighted by Crippen LogP contribution is 2.13. The van der Waals surface area contributed by atoms with Crippen molar-refractivity contribution in [2.45, 2.75) is 26.2 Å². The van der Waals surface area contributed by atoms with Gasteiger partial charge in [0, 0.05) is 5.56 Å². The van der Waals surface area contributed by atoms with E-state index in [9.17, 15) is 4.79 Å². The van der Waals surface area contributed by atoms with Gasteiger partial charge >= 0.3 is 0 Å². The summed E-state index contributed by atoms with van der Waals surface area (Å²) in [6.07, 6.45) is 3.31. The molecule has 0 amide bonds. The van der Waals surface area contributed by atoms with Crippen LogP contribution in [-0.4, -0.2) is 11.1 Å². The summed E-state index contributed by atoms with van der Waals surface area (Å²) in [5.41, 5.74) is 2.05. The van der Waals surface area contributed by atoms with E-state index in [2.05, 4.69) is 22.9 Å². The Morgan fingerprint density at radius 3 is 2.71 bits per heavy atom. The molecule has 0 heterocycles. The lowest BCUT2D eigenvalue weighted by atomic mass is 10.00. The number of benzene rings is 1. The average Bonchev–Trinajstić information content (AvgIpc) is 2.25. The highest BCUT2D eigenvalue weighted by molar-refractivity contribution is 9.09. The van der Waals surface area contributed by atoms with Crippen molar-refractivity contribution in [2.75, 3.05) is 5.33 Å². The number of halogens is 1. The second kappa shape index (κ2) is 5.97. The number of carbonyl (C=O) groups excluding carboxylic acids is 1. The predicted octanol–water partition coefficient (Wildman–Crippen LogP) is 3.61. The second-order valence-electron chi connectivity index (χ2n) is 3.32. The minimum absolute atomic E-state index is 0.178. The van der Waals surface area contributed by atoms with Crippen molar-refractivity contribution in [3.05, 3.63) is 35.4 Å². The Bertz CT molecular complexity index is 307. The molecule has 0 atom stereocenters. The molecule has 1 aromatic carbocycles. The first-order valence-corrected chi connectivity index (χ1v) is 6.08. The van der Waals surface area contributed by atoms with Gasteiger partial charge in [-0.3, -0.25) is 4.79 Å². The van der Waals surface area contributed by atoms with E-state index in [4.69, 9.17) is 0 Å². The first-order chi connectivity index (χ1) is 6.79. The Morgan fingerprint density at radius 1 is 1.36 bits per heavy atom. The molecule has 0 aromatic heterocycles. The van der Waals surface area contributed by atoms with Gasteiger partial charge in [0.15, 0.2) is 5.78 Å². The normalized spacial score (nSPS) is 10.1. The summed E-state index contributed by atoms with van der Waals surface area (Å²) in [7, 11) is 0. The van der Waals surface area contributed by atoms with Gasteiger partial charge in [-0.2, -0.15) is 0 Å². The van der Waals surface area contributed by atoms with Gasteiger partial charge < -0.3 is 0 Å². The zero-order valence-corrected chi connectivity index (χ0v) is 10.0. The molecule has 0 fully saturated rings. The predicted molar refractivity (Wildman–Crippen MR) is 63.2 cm³/mol. The van der Waals surface area contributed by atoms with Crippen LogP contribution < -0.4 is 0 Å². The van der Waals surface area contributed by atoms with Crippen molar-refractivity contribution in [2.24, 2.45) is 0 Å². The van der Waals surface area contributed by atoms with Crippen LogP contribution in [0.3, 0.4) is 0 Å². The number of hydrogen-bond acceptors (Lipinski definition) is 1. The lowest BCUT2D eigenvalue weighted by Crippen LogP contribution is -2.04. The average molecular weight is 255 g/mol. The van der Waals surface area contributed by atoms with Crippen molar-refractivity contribution >= 4 is 21.7 Å². The molecule has 0 aliphatic carbocycles. The molecule has 1 rings (SSSR count). The van der Waals surface area contributed by atoms with E-state index in [1.165, 1.54) is 5.56 Å². The molecule has 0 saturated carbocycles. The summed E-state index contributed by atoms with van der Waals surface area (Å²) in [4.78, 5) is 11.6. The van der Waals surface area contributed by atoms with Crippen molar-refractivity contribution in [3.63, 3.8) is 0 Å². The highest BCUT2D eigenvalue weighted by Gasteiger charge is 2.08. The first-order valence-electron chi connectivity index (χ1n) is 4.96. The van der Waals surface area contributed by atoms with Gasteiger partial charge in [-0.1, -0.05) is 53.5 Å². The number of rotatable bonds is 5. The van der Waals surface area contributed by atoms with Crippen LogP contribution in [-0.2, 0) is 6.42 Å². The molecular weight excluding hydrogens is 240 g/mol. The van der Waals surface area contributed by atoms with Crippen LogP contribution in [0.5, 0.6) is 0 Å². The molecule has 0 unspecified atom stereocenters. The van der Waals surface area contributed by atoms with Crippen LogP contribution >= 0.6 is 15.9 Å². The van der Waals surface area contributed by atoms with Crippen LogP contribution in [0.1, 0.15) is 35.7 Å². The molecule has 1 nitrogen and oxygen atoms in total. The zero-order chi connectivity index (χ0) is 10.4. The smallest absolute Gasteiger partial charge is 0.173 e. The van der Waals surface area contributed by atoms with Gasteiger partial charge in [0.1, 0.15) is 0 Å². The maximum Gasteiger partial charge on any atom is 0.173 e. The fourth-order valence-electron chi connectivity index (χ4n) is 1.45. The van der Waals surface area contributed by atoms with E-state index in [0.29, 0.717) is 5.33 Å². The summed E-state index contributed by atoms with van der Waals surface area (Å²) in [6.45, 7) is 2.16. The lowest BCUT2D eigenvalue weighted by molar-refractivity contribution is 0.102. The first kappa shape index (κ1) is 11.4. The summed E-state index contributed by atoms with van der Waals surface area (Å²) in [5, 5.41) is 0.413. The largest absolute Gasteiger partial charge is 0.293 e. The quantitative estimate of drug-likeness (QED) is 0.580. The van der Waals surface area contributed by atoms with E-state index < -0.39 is 0 Å². The van der Waals surface area contributed by atoms with E-state index in [0.717, 1.165) is 24.8 Å². The minimum Gasteiger partial charge on any atom is -0.293 e. The van der Waals surface area contributed by atoms with Crippen LogP contribution in [0.25, 0.3) is 0 Å². The van der Waals surface area contributed by atoms with E-state index >= 15 is 0 Å². The third kappa shape index (κ3) is 2.95. The van der Waals surface area contributed by atoms with Gasteiger partial charge in [-0.25, -0.2) is 0 Å². The summed E-state index contributed by atoms with van der Waals surface area (Å²) >= 11 is 3.20. The zero-order valence-electron chi connectivity index (χ0n) is 8.42. The van der Waals surface area contributed by atoms with Crippen LogP contribution in [0, 0.1) is 0 Å². The third-order valence-corrected chi connectivity index (χ3v) is 2.75. The molecule has 14 heavy (non-hydrogen) atoms. The Balaban J connectivity index is 2.85. The molecule has 0 aliphatic heterocycles. The number of ketones is 1. The SMILES string of the molecule is CCCCc1ccccc1C(=O)CBr. The summed E-state index contributed by atoms with van der Waals surface area (Å²) in [6, 6.07) is 7.88. The Kier molecular flexibility index (Phi) is 4.88. The van der Waals surface area contributed by atoms with Crippen LogP contribution in [0.2, 0.25) is 0 Å². The third-order valence-electron chi connectivity index (χ3n) is 2.24. The van der Waals surface area contributed by atoms with Crippen LogP contribution in [0.4, 0.5) is 0 Å². The molecule has 0 aliphatic rings. The number of carbonyl (C=O) groups is 1. The highest BCUT2D eigenvalue weighted by atomic mass is 79.9. The number of aryl methyl sites for hydroxylation is 1. The van der Waals surface area contributed by atoms with E-state index in [1.54, 1.807) is 0 Å². The molecule has 76 valence electrons. The monoisotopic (exact) mass is 254 g/mol. The molecule has 0 saturated heterocycles. The van der Waals surface area contributed by atoms with Crippen molar-refractivity contribution in [3.8, 4) is 0 Å².